The third-order valence-corrected chi connectivity index (χ3v) is 6.70. The van der Waals surface area contributed by atoms with Crippen molar-refractivity contribution in [1.29, 1.82) is 0 Å². The lowest BCUT2D eigenvalue weighted by Crippen LogP contribution is -2.08. The van der Waals surface area contributed by atoms with Gasteiger partial charge in [0.2, 0.25) is 10.3 Å². The molecule has 0 aliphatic rings. The van der Waals surface area contributed by atoms with Crippen LogP contribution in [0.25, 0.3) is 21.1 Å². The Morgan fingerprint density at radius 3 is 2.63 bits per heavy atom. The second-order valence-electron chi connectivity index (χ2n) is 5.87. The third-order valence-electron chi connectivity index (χ3n) is 4.31. The zero-order chi connectivity index (χ0) is 19.6. The van der Waals surface area contributed by atoms with E-state index in [4.69, 9.17) is 4.74 Å². The molecule has 27 heavy (non-hydrogen) atoms. The van der Waals surface area contributed by atoms with Gasteiger partial charge in [-0.1, -0.05) is 30.9 Å². The fraction of sp³-hybridized carbons (Fsp3) is 0.0909. The maximum atomic E-state index is 13.0. The molecule has 0 spiro atoms. The Bertz CT molecular complexity index is 1140. The van der Waals surface area contributed by atoms with Gasteiger partial charge in [0.05, 0.1) is 23.6 Å². The maximum absolute atomic E-state index is 13.0. The maximum Gasteiger partial charge on any atom is 0.335 e. The van der Waals surface area contributed by atoms with Gasteiger partial charge >= 0.3 is 5.97 Å². The summed E-state index contributed by atoms with van der Waals surface area (Å²) >= 11 is 0. The predicted molar refractivity (Wildman–Crippen MR) is 112 cm³/mol. The third kappa shape index (κ3) is 3.29. The largest absolute Gasteiger partial charge is 0.491 e. The first-order valence-corrected chi connectivity index (χ1v) is 9.51. The summed E-state index contributed by atoms with van der Waals surface area (Å²) in [6.45, 7) is 5.58. The van der Waals surface area contributed by atoms with E-state index in [2.05, 4.69) is 6.58 Å². The Morgan fingerprint density at radius 2 is 1.96 bits per heavy atom. The first kappa shape index (κ1) is 18.6. The number of methoxy groups -OCH3 is 1. The zero-order valence-corrected chi connectivity index (χ0v) is 15.9. The van der Waals surface area contributed by atoms with Crippen LogP contribution in [-0.2, 0) is 0 Å². The molecule has 136 valence electrons. The lowest BCUT2D eigenvalue weighted by atomic mass is 10.1. The minimum Gasteiger partial charge on any atom is -0.491 e. The highest BCUT2D eigenvalue weighted by molar-refractivity contribution is 7.45. The summed E-state index contributed by atoms with van der Waals surface area (Å²) in [6, 6.07) is 12.3. The minimum absolute atomic E-state index is 0.0432. The van der Waals surface area contributed by atoms with E-state index < -0.39 is 16.4 Å². The van der Waals surface area contributed by atoms with E-state index in [0.717, 1.165) is 14.5 Å². The molecule has 0 radical (unpaired) electrons. The lowest BCUT2D eigenvalue weighted by molar-refractivity contribution is 0.0697. The summed E-state index contributed by atoms with van der Waals surface area (Å²) in [6.07, 6.45) is 5.11. The number of hydrogen-bond acceptors (Lipinski definition) is 3. The van der Waals surface area contributed by atoms with E-state index in [1.165, 1.54) is 6.07 Å². The molecule has 1 heterocycles. The average molecular weight is 379 g/mol. The molecule has 1 aromatic heterocycles. The van der Waals surface area contributed by atoms with E-state index in [0.29, 0.717) is 16.7 Å². The Kier molecular flexibility index (Phi) is 5.23. The van der Waals surface area contributed by atoms with E-state index in [9.17, 15) is 14.7 Å². The van der Waals surface area contributed by atoms with Crippen molar-refractivity contribution in [2.24, 2.45) is 0 Å². The first-order valence-electron chi connectivity index (χ1n) is 8.29. The van der Waals surface area contributed by atoms with Crippen molar-refractivity contribution in [3.8, 4) is 10.6 Å². The van der Waals surface area contributed by atoms with Gasteiger partial charge in [0.25, 0.3) is 0 Å². The standard InChI is InChI=1S/C22H18O4S/c1-4-5-8-16-14(2)27(19-10-7-6-9-17(19)21(16)23)20-13-15(22(24)25)11-12-18(20)26-3/h4-13H,1H2,2-3H3/p+1/b8-5-. The first-order chi connectivity index (χ1) is 13.0. The average Bonchev–Trinajstić information content (AvgIpc) is 2.68. The van der Waals surface area contributed by atoms with E-state index in [1.807, 2.05) is 25.1 Å². The number of allylic oxidation sites excluding steroid dienone is 2. The number of fused-ring (bicyclic) bond motifs is 1. The van der Waals surface area contributed by atoms with Gasteiger partial charge in [-0.25, -0.2) is 4.79 Å². The van der Waals surface area contributed by atoms with Crippen molar-refractivity contribution < 1.29 is 14.6 Å². The Labute approximate surface area is 159 Å². The normalized spacial score (nSPS) is 11.7. The van der Waals surface area contributed by atoms with Crippen LogP contribution in [0.4, 0.5) is 0 Å². The molecule has 3 rings (SSSR count). The van der Waals surface area contributed by atoms with Crippen LogP contribution in [0.2, 0.25) is 0 Å². The van der Waals surface area contributed by atoms with Gasteiger partial charge in [0.1, 0.15) is 0 Å². The van der Waals surface area contributed by atoms with Crippen molar-refractivity contribution in [3.05, 3.63) is 87.4 Å². The van der Waals surface area contributed by atoms with Crippen molar-refractivity contribution in [1.82, 2.24) is 0 Å². The summed E-state index contributed by atoms with van der Waals surface area (Å²) in [5, 5.41) is 10.0. The number of carboxylic acid groups (broad SMARTS) is 1. The number of carbonyl (C=O) groups is 1. The van der Waals surface area contributed by atoms with Crippen LogP contribution in [0.5, 0.6) is 5.75 Å². The van der Waals surface area contributed by atoms with Gasteiger partial charge in [0.15, 0.2) is 15.3 Å². The SMILES string of the molecule is C=C/C=C\c1c(C)[s+](-c2cc(C(=O)O)ccc2OC)c2ccccc2c1=O. The number of aromatic carboxylic acids is 1. The molecular formula is C22H19O4S+. The Hall–Kier alpha value is -3.18. The van der Waals surface area contributed by atoms with Crippen LogP contribution in [0.3, 0.4) is 0 Å². The summed E-state index contributed by atoms with van der Waals surface area (Å²) in [5.74, 6) is -0.406. The van der Waals surface area contributed by atoms with Crippen LogP contribution in [0.1, 0.15) is 20.8 Å². The second-order valence-corrected chi connectivity index (χ2v) is 7.97. The smallest absolute Gasteiger partial charge is 0.335 e. The van der Waals surface area contributed by atoms with Gasteiger partial charge in [-0.3, -0.25) is 4.79 Å². The predicted octanol–water partition coefficient (Wildman–Crippen LogP) is 5.15. The molecule has 5 heteroatoms. The highest BCUT2D eigenvalue weighted by Gasteiger charge is 2.28. The number of ether oxygens (including phenoxy) is 1. The molecule has 0 saturated carbocycles. The Morgan fingerprint density at radius 1 is 1.22 bits per heavy atom. The summed E-state index contributed by atoms with van der Waals surface area (Å²) < 4.78 is 6.38. The highest BCUT2D eigenvalue weighted by atomic mass is 32.2. The number of rotatable bonds is 5. The van der Waals surface area contributed by atoms with Crippen molar-refractivity contribution >= 4 is 32.6 Å². The molecule has 1 N–H and O–H groups in total. The molecular weight excluding hydrogens is 360 g/mol. The number of hydrogen-bond donors (Lipinski definition) is 1. The van der Waals surface area contributed by atoms with Crippen molar-refractivity contribution in [2.45, 2.75) is 6.92 Å². The second kappa shape index (κ2) is 7.60. The fourth-order valence-electron chi connectivity index (χ4n) is 3.02. The molecule has 0 aliphatic carbocycles. The zero-order valence-electron chi connectivity index (χ0n) is 15.1. The molecule has 0 fully saturated rings. The fourth-order valence-corrected chi connectivity index (χ4v) is 5.49. The molecule has 1 atom stereocenters. The van der Waals surface area contributed by atoms with Gasteiger partial charge in [0, 0.05) is 23.5 Å². The minimum atomic E-state index is -1.00. The van der Waals surface area contributed by atoms with E-state index >= 15 is 0 Å². The molecule has 0 saturated heterocycles. The summed E-state index contributed by atoms with van der Waals surface area (Å²) in [7, 11) is 0.921. The monoisotopic (exact) mass is 379 g/mol. The molecule has 0 bridgehead atoms. The number of carboxylic acids is 1. The lowest BCUT2D eigenvalue weighted by Gasteiger charge is -2.08. The van der Waals surface area contributed by atoms with Gasteiger partial charge in [-0.2, -0.15) is 0 Å². The number of benzene rings is 2. The molecule has 2 aromatic carbocycles. The molecule has 3 aromatic rings. The summed E-state index contributed by atoms with van der Waals surface area (Å²) in [4.78, 5) is 26.1. The van der Waals surface area contributed by atoms with Crippen molar-refractivity contribution in [2.75, 3.05) is 7.11 Å². The quantitative estimate of drug-likeness (QED) is 0.492. The van der Waals surface area contributed by atoms with Crippen LogP contribution >= 0.6 is 10.5 Å². The van der Waals surface area contributed by atoms with Crippen LogP contribution in [0.15, 0.2) is 66.0 Å². The highest BCUT2D eigenvalue weighted by Crippen LogP contribution is 2.46. The molecule has 4 nitrogen and oxygen atoms in total. The van der Waals surface area contributed by atoms with Crippen molar-refractivity contribution in [3.63, 3.8) is 0 Å². The topological polar surface area (TPSA) is 63.6 Å². The molecule has 1 unspecified atom stereocenters. The van der Waals surface area contributed by atoms with Crippen LogP contribution < -0.4 is 10.2 Å². The molecule has 0 amide bonds. The van der Waals surface area contributed by atoms with Gasteiger partial charge in [-0.15, -0.1) is 0 Å². The van der Waals surface area contributed by atoms with E-state index in [-0.39, 0.29) is 11.0 Å². The summed E-state index contributed by atoms with van der Waals surface area (Å²) in [5.41, 5.74) is 0.738. The van der Waals surface area contributed by atoms with Crippen LogP contribution in [0, 0.1) is 6.92 Å². The van der Waals surface area contributed by atoms with Gasteiger partial charge < -0.3 is 9.84 Å². The molecule has 0 aliphatic heterocycles. The Balaban J connectivity index is 2.50. The van der Waals surface area contributed by atoms with Gasteiger partial charge in [-0.05, 0) is 30.3 Å². The van der Waals surface area contributed by atoms with Crippen LogP contribution in [-0.4, -0.2) is 18.2 Å². The van der Waals surface area contributed by atoms with E-state index in [1.54, 1.807) is 43.5 Å².